The molecule has 0 aliphatic heterocycles. The van der Waals surface area contributed by atoms with Gasteiger partial charge < -0.3 is 10.3 Å². The molecule has 3 N–H and O–H groups in total. The van der Waals surface area contributed by atoms with Crippen molar-refractivity contribution in [2.24, 2.45) is 5.41 Å². The lowest BCUT2D eigenvalue weighted by Crippen LogP contribution is -2.27. The first-order chi connectivity index (χ1) is 4.12. The van der Waals surface area contributed by atoms with E-state index in [1.54, 1.807) is 0 Å². The van der Waals surface area contributed by atoms with Gasteiger partial charge in [-0.2, -0.15) is 0 Å². The number of hydrogen-bond acceptors (Lipinski definition) is 3. The van der Waals surface area contributed by atoms with E-state index in [0.29, 0.717) is 13.0 Å². The zero-order chi connectivity index (χ0) is 7.33. The van der Waals surface area contributed by atoms with Crippen LogP contribution in [0.1, 0.15) is 20.3 Å². The van der Waals surface area contributed by atoms with Gasteiger partial charge >= 0.3 is 0 Å². The maximum atomic E-state index is 8.52. The molecule has 0 aliphatic rings. The van der Waals surface area contributed by atoms with Gasteiger partial charge in [0.2, 0.25) is 0 Å². The van der Waals surface area contributed by atoms with Gasteiger partial charge in [-0.15, -0.1) is 0 Å². The molecule has 0 atom stereocenters. The Morgan fingerprint density at radius 3 is 2.33 bits per heavy atom. The van der Waals surface area contributed by atoms with E-state index < -0.39 is 0 Å². The molecule has 0 bridgehead atoms. The number of aliphatic hydroxyl groups excluding tert-OH is 1. The first-order valence-electron chi connectivity index (χ1n) is 3.10. The van der Waals surface area contributed by atoms with E-state index in [2.05, 4.69) is 5.48 Å². The third-order valence-corrected chi connectivity index (χ3v) is 1.35. The second-order valence-corrected chi connectivity index (χ2v) is 2.97. The number of hydrogen-bond donors (Lipinski definition) is 3. The van der Waals surface area contributed by atoms with E-state index in [0.717, 1.165) is 0 Å². The Morgan fingerprint density at radius 1 is 1.44 bits per heavy atom. The van der Waals surface area contributed by atoms with Crippen molar-refractivity contribution < 1.29 is 10.3 Å². The predicted octanol–water partition coefficient (Wildman–Crippen LogP) is 0.374. The van der Waals surface area contributed by atoms with Crippen LogP contribution in [0.5, 0.6) is 0 Å². The standard InChI is InChI=1S/C6H15NO2/c1-6(2,3-4-8)5-7-9/h7-9H,3-5H2,1-2H3. The van der Waals surface area contributed by atoms with Crippen LogP contribution in [0.25, 0.3) is 0 Å². The fraction of sp³-hybridized carbons (Fsp3) is 1.00. The molecule has 9 heavy (non-hydrogen) atoms. The topological polar surface area (TPSA) is 52.5 Å². The highest BCUT2D eigenvalue weighted by molar-refractivity contribution is 4.68. The van der Waals surface area contributed by atoms with Crippen LogP contribution in [0.15, 0.2) is 0 Å². The van der Waals surface area contributed by atoms with Gasteiger partial charge in [0.05, 0.1) is 0 Å². The van der Waals surface area contributed by atoms with Crippen molar-refractivity contribution >= 4 is 0 Å². The van der Waals surface area contributed by atoms with Crippen molar-refractivity contribution in [3.63, 3.8) is 0 Å². The van der Waals surface area contributed by atoms with Gasteiger partial charge in [-0.3, -0.25) is 0 Å². The summed E-state index contributed by atoms with van der Waals surface area (Å²) in [4.78, 5) is 0. The zero-order valence-electron chi connectivity index (χ0n) is 6.02. The lowest BCUT2D eigenvalue weighted by atomic mass is 9.90. The maximum absolute atomic E-state index is 8.52. The minimum atomic E-state index is -0.0104. The molecule has 0 aromatic carbocycles. The minimum Gasteiger partial charge on any atom is -0.396 e. The third-order valence-electron chi connectivity index (χ3n) is 1.35. The number of aliphatic hydroxyl groups is 1. The molecule has 0 heterocycles. The largest absolute Gasteiger partial charge is 0.396 e. The summed E-state index contributed by atoms with van der Waals surface area (Å²) in [7, 11) is 0. The molecule has 0 aliphatic carbocycles. The summed E-state index contributed by atoms with van der Waals surface area (Å²) in [5, 5.41) is 16.8. The number of rotatable bonds is 4. The van der Waals surface area contributed by atoms with Gasteiger partial charge in [-0.05, 0) is 11.8 Å². The molecule has 0 amide bonds. The number of hydroxylamine groups is 1. The van der Waals surface area contributed by atoms with Crippen LogP contribution in [-0.2, 0) is 0 Å². The third kappa shape index (κ3) is 4.39. The first kappa shape index (κ1) is 8.88. The lowest BCUT2D eigenvalue weighted by molar-refractivity contribution is 0.108. The van der Waals surface area contributed by atoms with Gasteiger partial charge in [0, 0.05) is 13.2 Å². The summed E-state index contributed by atoms with van der Waals surface area (Å²) < 4.78 is 0. The Kier molecular flexibility index (Phi) is 3.77. The number of nitrogens with one attached hydrogen (secondary N) is 1. The Morgan fingerprint density at radius 2 is 2.00 bits per heavy atom. The summed E-state index contributed by atoms with van der Waals surface area (Å²) in [5.41, 5.74) is 2.07. The molecule has 0 unspecified atom stereocenters. The van der Waals surface area contributed by atoms with Crippen LogP contribution in [0.4, 0.5) is 0 Å². The summed E-state index contributed by atoms with van der Waals surface area (Å²) in [5.74, 6) is 0. The minimum absolute atomic E-state index is 0.0104. The van der Waals surface area contributed by atoms with Crippen LogP contribution in [0, 0.1) is 5.41 Å². The SMILES string of the molecule is CC(C)(CCO)CNO. The molecule has 3 nitrogen and oxygen atoms in total. The maximum Gasteiger partial charge on any atom is 0.0436 e. The summed E-state index contributed by atoms with van der Waals surface area (Å²) in [6, 6.07) is 0. The van der Waals surface area contributed by atoms with E-state index in [-0.39, 0.29) is 12.0 Å². The van der Waals surface area contributed by atoms with E-state index in [4.69, 9.17) is 10.3 Å². The van der Waals surface area contributed by atoms with Gasteiger partial charge in [0.1, 0.15) is 0 Å². The van der Waals surface area contributed by atoms with E-state index in [9.17, 15) is 0 Å². The fourth-order valence-electron chi connectivity index (χ4n) is 0.605. The van der Waals surface area contributed by atoms with E-state index in [1.807, 2.05) is 13.8 Å². The lowest BCUT2D eigenvalue weighted by Gasteiger charge is -2.21. The molecule has 0 radical (unpaired) electrons. The molecule has 56 valence electrons. The molecule has 0 saturated heterocycles. The second-order valence-electron chi connectivity index (χ2n) is 2.97. The van der Waals surface area contributed by atoms with Crippen molar-refractivity contribution in [1.82, 2.24) is 5.48 Å². The first-order valence-corrected chi connectivity index (χ1v) is 3.10. The Balaban J connectivity index is 3.43. The molecular formula is C6H15NO2. The molecule has 0 spiro atoms. The quantitative estimate of drug-likeness (QED) is 0.486. The molecule has 0 saturated carbocycles. The van der Waals surface area contributed by atoms with Crippen molar-refractivity contribution in [1.29, 1.82) is 0 Å². The van der Waals surface area contributed by atoms with Crippen LogP contribution in [0.3, 0.4) is 0 Å². The highest BCUT2D eigenvalue weighted by Gasteiger charge is 2.15. The average Bonchev–Trinajstić information content (AvgIpc) is 1.64. The molecule has 0 rings (SSSR count). The Bertz CT molecular complexity index is 65.5. The molecular weight excluding hydrogens is 118 g/mol. The highest BCUT2D eigenvalue weighted by atomic mass is 16.5. The van der Waals surface area contributed by atoms with Gasteiger partial charge in [0.15, 0.2) is 0 Å². The monoisotopic (exact) mass is 133 g/mol. The van der Waals surface area contributed by atoms with Crippen molar-refractivity contribution in [3.05, 3.63) is 0 Å². The van der Waals surface area contributed by atoms with Gasteiger partial charge in [0.25, 0.3) is 0 Å². The van der Waals surface area contributed by atoms with E-state index in [1.165, 1.54) is 0 Å². The normalized spacial score (nSPS) is 12.0. The Labute approximate surface area is 55.7 Å². The highest BCUT2D eigenvalue weighted by Crippen LogP contribution is 2.17. The smallest absolute Gasteiger partial charge is 0.0436 e. The average molecular weight is 133 g/mol. The summed E-state index contributed by atoms with van der Waals surface area (Å²) in [6.07, 6.45) is 0.709. The zero-order valence-corrected chi connectivity index (χ0v) is 6.02. The van der Waals surface area contributed by atoms with Crippen molar-refractivity contribution in [2.45, 2.75) is 20.3 Å². The summed E-state index contributed by atoms with van der Waals surface area (Å²) in [6.45, 7) is 4.65. The summed E-state index contributed by atoms with van der Waals surface area (Å²) >= 11 is 0. The van der Waals surface area contributed by atoms with Crippen LogP contribution in [-0.4, -0.2) is 23.5 Å². The molecule has 0 aromatic rings. The van der Waals surface area contributed by atoms with Gasteiger partial charge in [-0.1, -0.05) is 13.8 Å². The van der Waals surface area contributed by atoms with Crippen LogP contribution < -0.4 is 5.48 Å². The van der Waals surface area contributed by atoms with Crippen LogP contribution in [0.2, 0.25) is 0 Å². The van der Waals surface area contributed by atoms with Gasteiger partial charge in [-0.25, -0.2) is 5.48 Å². The second kappa shape index (κ2) is 3.82. The molecule has 3 heteroatoms. The van der Waals surface area contributed by atoms with Crippen LogP contribution >= 0.6 is 0 Å². The van der Waals surface area contributed by atoms with Crippen molar-refractivity contribution in [3.8, 4) is 0 Å². The molecule has 0 fully saturated rings. The Hall–Kier alpha value is -0.120. The van der Waals surface area contributed by atoms with E-state index >= 15 is 0 Å². The fourth-order valence-corrected chi connectivity index (χ4v) is 0.605. The predicted molar refractivity (Wildman–Crippen MR) is 35.3 cm³/mol. The molecule has 0 aromatic heterocycles. The van der Waals surface area contributed by atoms with Crippen molar-refractivity contribution in [2.75, 3.05) is 13.2 Å².